The van der Waals surface area contributed by atoms with Crippen molar-refractivity contribution in [3.05, 3.63) is 0 Å². The molecule has 0 heterocycles. The van der Waals surface area contributed by atoms with Gasteiger partial charge in [-0.25, -0.2) is 0 Å². The average molecular weight is 246 g/mol. The summed E-state index contributed by atoms with van der Waals surface area (Å²) >= 11 is 10.1. The zero-order valence-electron chi connectivity index (χ0n) is 10.1. The summed E-state index contributed by atoms with van der Waals surface area (Å²) in [4.78, 5) is 2.15. The Labute approximate surface area is 99.2 Å². The Balaban J connectivity index is -0.000000147. The Morgan fingerprint density at radius 2 is 1.14 bits per heavy atom. The van der Waals surface area contributed by atoms with Gasteiger partial charge in [0, 0.05) is 6.61 Å². The standard InChI is InChI=1S/C6H15N.C2H4Cl2.C2H6O/c1-4-7(5-2)6-3;1-2(3)4;1-2-3/h4-6H2,1-3H3;2H,1H3;3H,2H2,1H3. The van der Waals surface area contributed by atoms with Gasteiger partial charge in [-0.3, -0.25) is 0 Å². The van der Waals surface area contributed by atoms with E-state index in [-0.39, 0.29) is 11.4 Å². The molecule has 0 aliphatic heterocycles. The van der Waals surface area contributed by atoms with Crippen LogP contribution in [0.5, 0.6) is 0 Å². The van der Waals surface area contributed by atoms with E-state index in [1.54, 1.807) is 13.8 Å². The highest BCUT2D eigenvalue weighted by Gasteiger charge is 1.89. The summed E-state index contributed by atoms with van der Waals surface area (Å²) in [5.74, 6) is 0. The van der Waals surface area contributed by atoms with Crippen molar-refractivity contribution in [1.29, 1.82) is 0 Å². The summed E-state index contributed by atoms with van der Waals surface area (Å²) < 4.78 is 0. The second-order valence-electron chi connectivity index (χ2n) is 2.45. The Hall–Kier alpha value is 0.500. The maximum absolute atomic E-state index is 7.57. The van der Waals surface area contributed by atoms with Gasteiger partial charge in [0.25, 0.3) is 0 Å². The molecule has 0 aromatic carbocycles. The van der Waals surface area contributed by atoms with Crippen LogP contribution in [0.3, 0.4) is 0 Å². The molecule has 0 aliphatic carbocycles. The Bertz CT molecular complexity index is 70.3. The van der Waals surface area contributed by atoms with E-state index in [1.807, 2.05) is 0 Å². The van der Waals surface area contributed by atoms with E-state index in [0.717, 1.165) is 0 Å². The molecular weight excluding hydrogens is 221 g/mol. The monoisotopic (exact) mass is 245 g/mol. The third-order valence-electron chi connectivity index (χ3n) is 1.34. The third kappa shape index (κ3) is 39.1. The van der Waals surface area contributed by atoms with Crippen LogP contribution < -0.4 is 0 Å². The van der Waals surface area contributed by atoms with E-state index in [0.29, 0.717) is 0 Å². The first kappa shape index (κ1) is 20.0. The molecule has 0 aromatic heterocycles. The van der Waals surface area contributed by atoms with Crippen molar-refractivity contribution < 1.29 is 5.11 Å². The van der Waals surface area contributed by atoms with Crippen molar-refractivity contribution >= 4 is 23.2 Å². The number of nitrogens with zero attached hydrogens (tertiary/aromatic N) is 1. The molecule has 0 amide bonds. The van der Waals surface area contributed by atoms with E-state index in [9.17, 15) is 0 Å². The molecule has 14 heavy (non-hydrogen) atoms. The number of hydrogen-bond donors (Lipinski definition) is 1. The summed E-state index contributed by atoms with van der Waals surface area (Å²) in [7, 11) is 0. The number of hydrogen-bond acceptors (Lipinski definition) is 2. The van der Waals surface area contributed by atoms with Gasteiger partial charge >= 0.3 is 0 Å². The van der Waals surface area contributed by atoms with Gasteiger partial charge in [0.05, 0.1) is 0 Å². The highest BCUT2D eigenvalue weighted by atomic mass is 35.5. The number of rotatable bonds is 3. The van der Waals surface area contributed by atoms with Crippen molar-refractivity contribution in [2.24, 2.45) is 0 Å². The molecule has 2 nitrogen and oxygen atoms in total. The smallest absolute Gasteiger partial charge is 0.105 e. The van der Waals surface area contributed by atoms with Crippen LogP contribution >= 0.6 is 23.2 Å². The number of aliphatic hydroxyl groups is 1. The van der Waals surface area contributed by atoms with E-state index < -0.39 is 0 Å². The minimum atomic E-state index is -0.222. The predicted molar refractivity (Wildman–Crippen MR) is 67.4 cm³/mol. The van der Waals surface area contributed by atoms with E-state index in [4.69, 9.17) is 28.3 Å². The van der Waals surface area contributed by atoms with Crippen LogP contribution in [-0.4, -0.2) is 41.1 Å². The quantitative estimate of drug-likeness (QED) is 0.773. The normalized spacial score (nSPS) is 9.00. The van der Waals surface area contributed by atoms with Gasteiger partial charge in [-0.2, -0.15) is 0 Å². The van der Waals surface area contributed by atoms with Gasteiger partial charge in [-0.15, -0.1) is 23.2 Å². The molecule has 0 atom stereocenters. The SMILES string of the molecule is CC(Cl)Cl.CCN(CC)CC.CCO. The fourth-order valence-corrected chi connectivity index (χ4v) is 0.671. The summed E-state index contributed by atoms with van der Waals surface area (Å²) in [6.45, 7) is 13.8. The predicted octanol–water partition coefficient (Wildman–Crippen LogP) is 3.16. The van der Waals surface area contributed by atoms with Crippen LogP contribution in [0.4, 0.5) is 0 Å². The van der Waals surface area contributed by atoms with Crippen LogP contribution in [0.25, 0.3) is 0 Å². The molecule has 0 rings (SSSR count). The lowest BCUT2D eigenvalue weighted by Crippen LogP contribution is -2.21. The number of alkyl halides is 2. The molecule has 0 saturated carbocycles. The van der Waals surface area contributed by atoms with Gasteiger partial charge in [-0.1, -0.05) is 20.8 Å². The summed E-state index contributed by atoms with van der Waals surface area (Å²) in [5.41, 5.74) is 0. The molecule has 0 bridgehead atoms. The first-order valence-corrected chi connectivity index (χ1v) is 5.98. The van der Waals surface area contributed by atoms with Crippen molar-refractivity contribution in [1.82, 2.24) is 4.90 Å². The molecular formula is C10H25Cl2NO. The molecule has 0 unspecified atom stereocenters. The highest BCUT2D eigenvalue weighted by Crippen LogP contribution is 1.95. The topological polar surface area (TPSA) is 23.5 Å². The van der Waals surface area contributed by atoms with Crippen molar-refractivity contribution in [3.63, 3.8) is 0 Å². The minimum absolute atomic E-state index is 0.222. The largest absolute Gasteiger partial charge is 0.397 e. The van der Waals surface area contributed by atoms with Gasteiger partial charge in [-0.05, 0) is 33.5 Å². The minimum Gasteiger partial charge on any atom is -0.397 e. The lowest BCUT2D eigenvalue weighted by atomic mass is 10.5. The third-order valence-corrected chi connectivity index (χ3v) is 1.34. The fraction of sp³-hybridized carbons (Fsp3) is 1.00. The summed E-state index contributed by atoms with van der Waals surface area (Å²) in [6.07, 6.45) is 0. The van der Waals surface area contributed by atoms with Gasteiger partial charge in [0.15, 0.2) is 0 Å². The van der Waals surface area contributed by atoms with E-state index in [2.05, 4.69) is 25.7 Å². The molecule has 1 N–H and O–H groups in total. The molecule has 90 valence electrons. The number of halogens is 2. The molecule has 0 spiro atoms. The van der Waals surface area contributed by atoms with Crippen LogP contribution in [0.1, 0.15) is 34.6 Å². The molecule has 0 saturated heterocycles. The summed E-state index contributed by atoms with van der Waals surface area (Å²) in [6, 6.07) is 0. The average Bonchev–Trinajstić information content (AvgIpc) is 2.08. The Kier molecular flexibility index (Phi) is 27.3. The molecule has 0 aromatic rings. The number of aliphatic hydroxyl groups excluding tert-OH is 1. The lowest BCUT2D eigenvalue weighted by molar-refractivity contribution is 0.318. The van der Waals surface area contributed by atoms with Crippen molar-refractivity contribution in [3.8, 4) is 0 Å². The zero-order valence-corrected chi connectivity index (χ0v) is 11.6. The van der Waals surface area contributed by atoms with Gasteiger partial charge in [0.2, 0.25) is 0 Å². The molecule has 0 aliphatic rings. The first-order valence-electron chi connectivity index (χ1n) is 5.11. The Morgan fingerprint density at radius 3 is 1.14 bits per heavy atom. The maximum Gasteiger partial charge on any atom is 0.105 e. The second kappa shape index (κ2) is 19.1. The Morgan fingerprint density at radius 1 is 1.00 bits per heavy atom. The van der Waals surface area contributed by atoms with Gasteiger partial charge < -0.3 is 10.0 Å². The van der Waals surface area contributed by atoms with Crippen LogP contribution in [0.15, 0.2) is 0 Å². The summed E-state index contributed by atoms with van der Waals surface area (Å²) in [5, 5.41) is 7.57. The zero-order chi connectivity index (χ0) is 12.0. The van der Waals surface area contributed by atoms with Gasteiger partial charge in [0.1, 0.15) is 4.84 Å². The van der Waals surface area contributed by atoms with E-state index in [1.165, 1.54) is 19.6 Å². The maximum atomic E-state index is 7.57. The highest BCUT2D eigenvalue weighted by molar-refractivity contribution is 6.43. The van der Waals surface area contributed by atoms with Crippen molar-refractivity contribution in [2.75, 3.05) is 26.2 Å². The van der Waals surface area contributed by atoms with Crippen LogP contribution in [-0.2, 0) is 0 Å². The first-order chi connectivity index (χ1) is 6.49. The second-order valence-corrected chi connectivity index (χ2v) is 3.99. The van der Waals surface area contributed by atoms with E-state index >= 15 is 0 Å². The fourth-order valence-electron chi connectivity index (χ4n) is 0.671. The van der Waals surface area contributed by atoms with Crippen LogP contribution in [0.2, 0.25) is 0 Å². The van der Waals surface area contributed by atoms with Crippen LogP contribution in [0, 0.1) is 0 Å². The van der Waals surface area contributed by atoms with Crippen molar-refractivity contribution in [2.45, 2.75) is 39.5 Å². The lowest BCUT2D eigenvalue weighted by Gasteiger charge is -2.13. The molecule has 4 heteroatoms. The molecule has 0 radical (unpaired) electrons. The molecule has 0 fully saturated rings.